The molecule has 0 saturated heterocycles. The van der Waals surface area contributed by atoms with Crippen LogP contribution in [-0.4, -0.2) is 15.0 Å². The van der Waals surface area contributed by atoms with Gasteiger partial charge in [0, 0.05) is 37.2 Å². The zero-order chi connectivity index (χ0) is 10.6. The Morgan fingerprint density at radius 3 is 0.625 bits per heavy atom. The molecule has 16 heavy (non-hydrogen) atoms. The number of H-pyrrole nitrogens is 3. The molecule has 0 radical (unpaired) electrons. The van der Waals surface area contributed by atoms with Gasteiger partial charge in [-0.1, -0.05) is 0 Å². The molecule has 0 unspecified atom stereocenters. The number of aromatic amines is 3. The number of aromatic nitrogens is 3. The molecule has 3 rings (SSSR count). The van der Waals surface area contributed by atoms with Gasteiger partial charge in [0.2, 0.25) is 0 Å². The Balaban J connectivity index is 0.000000205. The number of hydrogen-bond acceptors (Lipinski definition) is 0. The first-order valence-corrected chi connectivity index (χ1v) is 4.73. The van der Waals surface area contributed by atoms with E-state index in [2.05, 4.69) is 15.0 Å². The first-order chi connectivity index (χ1) is 7.50. The molecule has 0 bridgehead atoms. The Morgan fingerprint density at radius 2 is 0.562 bits per heavy atom. The number of rotatable bonds is 0. The van der Waals surface area contributed by atoms with E-state index in [9.17, 15) is 0 Å². The SMILES string of the molecule is Br.c1cc[nH]c1.c1cc[nH]c1.c1cc[nH]c1. The topological polar surface area (TPSA) is 47.4 Å². The van der Waals surface area contributed by atoms with Crippen LogP contribution in [0.25, 0.3) is 0 Å². The summed E-state index contributed by atoms with van der Waals surface area (Å²) in [6, 6.07) is 11.7. The Kier molecular flexibility index (Phi) is 10.2. The third kappa shape index (κ3) is 8.90. The molecule has 0 aliphatic heterocycles. The fraction of sp³-hybridized carbons (Fsp3) is 0. The van der Waals surface area contributed by atoms with Gasteiger partial charge < -0.3 is 15.0 Å². The minimum atomic E-state index is 0. The van der Waals surface area contributed by atoms with Crippen LogP contribution >= 0.6 is 17.0 Å². The van der Waals surface area contributed by atoms with Crippen molar-refractivity contribution in [3.63, 3.8) is 0 Å². The third-order valence-electron chi connectivity index (χ3n) is 1.49. The van der Waals surface area contributed by atoms with Gasteiger partial charge in [-0.2, -0.15) is 0 Å². The summed E-state index contributed by atoms with van der Waals surface area (Å²) < 4.78 is 0. The standard InChI is InChI=1S/3C4H5N.BrH/c3*1-2-4-5-3-1;/h3*1-5H;1H. The van der Waals surface area contributed by atoms with Gasteiger partial charge in [-0.3, -0.25) is 0 Å². The summed E-state index contributed by atoms with van der Waals surface area (Å²) >= 11 is 0. The van der Waals surface area contributed by atoms with Gasteiger partial charge in [0.15, 0.2) is 0 Å². The molecule has 86 valence electrons. The third-order valence-corrected chi connectivity index (χ3v) is 1.49. The average Bonchev–Trinajstić information content (AvgIpc) is 3.09. The highest BCUT2D eigenvalue weighted by atomic mass is 79.9. The highest BCUT2D eigenvalue weighted by molar-refractivity contribution is 8.93. The number of hydrogen-bond donors (Lipinski definition) is 3. The van der Waals surface area contributed by atoms with Crippen molar-refractivity contribution >= 4 is 17.0 Å². The van der Waals surface area contributed by atoms with Gasteiger partial charge in [0.1, 0.15) is 0 Å². The normalized spacial score (nSPS) is 7.50. The second kappa shape index (κ2) is 11.4. The first kappa shape index (κ1) is 14.3. The quantitative estimate of drug-likeness (QED) is 0.564. The maximum Gasteiger partial charge on any atom is 0.000496 e. The lowest BCUT2D eigenvalue weighted by Crippen LogP contribution is -1.38. The van der Waals surface area contributed by atoms with E-state index in [0.29, 0.717) is 0 Å². The summed E-state index contributed by atoms with van der Waals surface area (Å²) in [6.07, 6.45) is 11.2. The lowest BCUT2D eigenvalue weighted by molar-refractivity contribution is 1.41. The van der Waals surface area contributed by atoms with E-state index >= 15 is 0 Å². The van der Waals surface area contributed by atoms with Gasteiger partial charge >= 0.3 is 0 Å². The minimum absolute atomic E-state index is 0. The van der Waals surface area contributed by atoms with E-state index in [-0.39, 0.29) is 17.0 Å². The largest absolute Gasteiger partial charge is 0.368 e. The van der Waals surface area contributed by atoms with Gasteiger partial charge in [-0.05, 0) is 36.4 Å². The molecule has 0 atom stereocenters. The number of nitrogens with one attached hydrogen (secondary N) is 3. The summed E-state index contributed by atoms with van der Waals surface area (Å²) in [6.45, 7) is 0. The van der Waals surface area contributed by atoms with Crippen molar-refractivity contribution in [2.45, 2.75) is 0 Å². The van der Waals surface area contributed by atoms with Crippen LogP contribution in [-0.2, 0) is 0 Å². The highest BCUT2D eigenvalue weighted by Crippen LogP contribution is 1.73. The van der Waals surface area contributed by atoms with Crippen LogP contribution in [0.15, 0.2) is 73.6 Å². The molecule has 0 fully saturated rings. The molecule has 0 amide bonds. The fourth-order valence-corrected chi connectivity index (χ4v) is 0.833. The van der Waals surface area contributed by atoms with Crippen molar-refractivity contribution in [3.8, 4) is 0 Å². The molecule has 4 heteroatoms. The van der Waals surface area contributed by atoms with Crippen LogP contribution in [0.3, 0.4) is 0 Å². The second-order valence-corrected chi connectivity index (χ2v) is 2.65. The molecule has 0 aliphatic carbocycles. The maximum absolute atomic E-state index is 2.86. The molecule has 0 aromatic carbocycles. The van der Waals surface area contributed by atoms with Gasteiger partial charge in [-0.25, -0.2) is 0 Å². The van der Waals surface area contributed by atoms with Crippen molar-refractivity contribution in [2.75, 3.05) is 0 Å². The Labute approximate surface area is 106 Å². The van der Waals surface area contributed by atoms with E-state index < -0.39 is 0 Å². The second-order valence-electron chi connectivity index (χ2n) is 2.65. The molecule has 3 N–H and O–H groups in total. The molecule has 0 aliphatic rings. The lowest BCUT2D eigenvalue weighted by Gasteiger charge is -1.49. The highest BCUT2D eigenvalue weighted by Gasteiger charge is 1.56. The summed E-state index contributed by atoms with van der Waals surface area (Å²) in [7, 11) is 0. The van der Waals surface area contributed by atoms with Crippen molar-refractivity contribution in [1.82, 2.24) is 15.0 Å². The smallest absolute Gasteiger partial charge is 0.000496 e. The Morgan fingerprint density at radius 1 is 0.375 bits per heavy atom. The van der Waals surface area contributed by atoms with Crippen LogP contribution in [0, 0.1) is 0 Å². The zero-order valence-electron chi connectivity index (χ0n) is 8.84. The van der Waals surface area contributed by atoms with E-state index in [1.807, 2.05) is 73.6 Å². The molecule has 3 aromatic heterocycles. The van der Waals surface area contributed by atoms with Crippen molar-refractivity contribution in [3.05, 3.63) is 73.6 Å². The van der Waals surface area contributed by atoms with Crippen LogP contribution in [0.4, 0.5) is 0 Å². The summed E-state index contributed by atoms with van der Waals surface area (Å²) in [5, 5.41) is 0. The minimum Gasteiger partial charge on any atom is -0.368 e. The lowest BCUT2D eigenvalue weighted by atomic mass is 10.7. The predicted octanol–water partition coefficient (Wildman–Crippen LogP) is 3.62. The molecular weight excluding hydrogens is 266 g/mol. The van der Waals surface area contributed by atoms with Gasteiger partial charge in [-0.15, -0.1) is 17.0 Å². The van der Waals surface area contributed by atoms with E-state index in [1.54, 1.807) is 0 Å². The van der Waals surface area contributed by atoms with E-state index in [4.69, 9.17) is 0 Å². The molecule has 0 saturated carbocycles. The Bertz CT molecular complexity index is 248. The van der Waals surface area contributed by atoms with Crippen LogP contribution in [0.1, 0.15) is 0 Å². The molecule has 3 nitrogen and oxygen atoms in total. The molecule has 3 heterocycles. The number of halogens is 1. The molecular formula is C12H16BrN3. The average molecular weight is 282 g/mol. The van der Waals surface area contributed by atoms with Crippen LogP contribution in [0.2, 0.25) is 0 Å². The summed E-state index contributed by atoms with van der Waals surface area (Å²) in [5.74, 6) is 0. The van der Waals surface area contributed by atoms with Crippen LogP contribution < -0.4 is 0 Å². The summed E-state index contributed by atoms with van der Waals surface area (Å²) in [5.41, 5.74) is 0. The first-order valence-electron chi connectivity index (χ1n) is 4.73. The maximum atomic E-state index is 2.86. The fourth-order valence-electron chi connectivity index (χ4n) is 0.833. The van der Waals surface area contributed by atoms with Crippen molar-refractivity contribution < 1.29 is 0 Å². The van der Waals surface area contributed by atoms with Crippen molar-refractivity contribution in [1.29, 1.82) is 0 Å². The monoisotopic (exact) mass is 281 g/mol. The molecule has 3 aromatic rings. The van der Waals surface area contributed by atoms with Gasteiger partial charge in [0.05, 0.1) is 0 Å². The Hall–Kier alpha value is -1.68. The zero-order valence-corrected chi connectivity index (χ0v) is 10.5. The van der Waals surface area contributed by atoms with E-state index in [1.165, 1.54) is 0 Å². The van der Waals surface area contributed by atoms with Crippen LogP contribution in [0.5, 0.6) is 0 Å². The van der Waals surface area contributed by atoms with Gasteiger partial charge in [0.25, 0.3) is 0 Å². The molecule has 0 spiro atoms. The van der Waals surface area contributed by atoms with E-state index in [0.717, 1.165) is 0 Å². The summed E-state index contributed by atoms with van der Waals surface area (Å²) in [4.78, 5) is 8.58. The van der Waals surface area contributed by atoms with Crippen molar-refractivity contribution in [2.24, 2.45) is 0 Å². The predicted molar refractivity (Wildman–Crippen MR) is 72.7 cm³/mol.